The molecule has 1 atom stereocenters. The first-order valence-electron chi connectivity index (χ1n) is 7.32. The zero-order valence-corrected chi connectivity index (χ0v) is 12.7. The summed E-state index contributed by atoms with van der Waals surface area (Å²) in [5.41, 5.74) is 4.16. The van der Waals surface area contributed by atoms with Crippen molar-refractivity contribution in [1.29, 1.82) is 0 Å². The van der Waals surface area contributed by atoms with Crippen molar-refractivity contribution < 1.29 is 0 Å². The van der Waals surface area contributed by atoms with Gasteiger partial charge < -0.3 is 10.2 Å². The van der Waals surface area contributed by atoms with E-state index in [0.717, 1.165) is 32.7 Å². The average molecular weight is 261 g/mol. The maximum atomic E-state index is 3.24. The van der Waals surface area contributed by atoms with Crippen LogP contribution in [-0.2, 0) is 0 Å². The Morgan fingerprint density at radius 2 is 2.05 bits per heavy atom. The second-order valence-electron chi connectivity index (χ2n) is 5.72. The maximum absolute atomic E-state index is 3.24. The Balaban J connectivity index is 2.03. The van der Waals surface area contributed by atoms with E-state index in [1.807, 2.05) is 7.05 Å². The topological polar surface area (TPSA) is 18.5 Å². The Morgan fingerprint density at radius 1 is 1.26 bits per heavy atom. The van der Waals surface area contributed by atoms with Gasteiger partial charge >= 0.3 is 0 Å². The van der Waals surface area contributed by atoms with E-state index in [4.69, 9.17) is 0 Å². The van der Waals surface area contributed by atoms with Crippen LogP contribution < -0.4 is 10.2 Å². The predicted octanol–water partition coefficient (Wildman–Crippen LogP) is 2.03. The summed E-state index contributed by atoms with van der Waals surface area (Å²) in [4.78, 5) is 5.13. The van der Waals surface area contributed by atoms with Crippen molar-refractivity contribution in [2.24, 2.45) is 0 Å². The molecule has 106 valence electrons. The number of hydrogen-bond acceptors (Lipinski definition) is 3. The first-order chi connectivity index (χ1) is 9.11. The summed E-state index contributed by atoms with van der Waals surface area (Å²) in [6.07, 6.45) is 0. The molecule has 0 aromatic heterocycles. The van der Waals surface area contributed by atoms with E-state index in [9.17, 15) is 0 Å². The summed E-state index contributed by atoms with van der Waals surface area (Å²) < 4.78 is 0. The van der Waals surface area contributed by atoms with Gasteiger partial charge in [-0.15, -0.1) is 0 Å². The second-order valence-corrected chi connectivity index (χ2v) is 5.72. The highest BCUT2D eigenvalue weighted by molar-refractivity contribution is 5.55. The van der Waals surface area contributed by atoms with E-state index in [1.165, 1.54) is 16.8 Å². The van der Waals surface area contributed by atoms with Crippen LogP contribution in [-0.4, -0.2) is 50.7 Å². The SMILES string of the molecule is CNCCN1CCN(c2cc(C)ccc2C)CC1C. The molecular formula is C16H27N3. The van der Waals surface area contributed by atoms with Gasteiger partial charge in [0, 0.05) is 44.5 Å². The van der Waals surface area contributed by atoms with Crippen molar-refractivity contribution in [2.45, 2.75) is 26.8 Å². The van der Waals surface area contributed by atoms with Gasteiger partial charge in [0.05, 0.1) is 0 Å². The summed E-state index contributed by atoms with van der Waals surface area (Å²) in [6, 6.07) is 7.39. The number of likely N-dealkylation sites (N-methyl/N-ethyl adjacent to an activating group) is 1. The standard InChI is InChI=1S/C16H27N3/c1-13-5-6-14(2)16(11-13)19-10-9-18(8-7-17-4)15(3)12-19/h5-6,11,15,17H,7-10,12H2,1-4H3. The fraction of sp³-hybridized carbons (Fsp3) is 0.625. The highest BCUT2D eigenvalue weighted by atomic mass is 15.3. The van der Waals surface area contributed by atoms with Gasteiger partial charge in [-0.3, -0.25) is 4.90 Å². The van der Waals surface area contributed by atoms with E-state index in [1.54, 1.807) is 0 Å². The van der Waals surface area contributed by atoms with Crippen LogP contribution in [0.3, 0.4) is 0 Å². The molecule has 0 spiro atoms. The van der Waals surface area contributed by atoms with Crippen LogP contribution in [0.4, 0.5) is 5.69 Å². The van der Waals surface area contributed by atoms with E-state index in [0.29, 0.717) is 6.04 Å². The fourth-order valence-electron chi connectivity index (χ4n) is 2.86. The molecule has 1 unspecified atom stereocenters. The Kier molecular flexibility index (Phi) is 4.83. The maximum Gasteiger partial charge on any atom is 0.0399 e. The van der Waals surface area contributed by atoms with Gasteiger partial charge in [0.2, 0.25) is 0 Å². The lowest BCUT2D eigenvalue weighted by molar-refractivity contribution is 0.191. The highest BCUT2D eigenvalue weighted by Crippen LogP contribution is 2.24. The van der Waals surface area contributed by atoms with Crippen molar-refractivity contribution in [3.05, 3.63) is 29.3 Å². The van der Waals surface area contributed by atoms with Gasteiger partial charge in [-0.2, -0.15) is 0 Å². The van der Waals surface area contributed by atoms with Crippen LogP contribution in [0, 0.1) is 13.8 Å². The van der Waals surface area contributed by atoms with Crippen LogP contribution in [0.5, 0.6) is 0 Å². The molecule has 1 aromatic rings. The zero-order chi connectivity index (χ0) is 13.8. The molecule has 1 aliphatic rings. The minimum Gasteiger partial charge on any atom is -0.368 e. The number of aryl methyl sites for hydroxylation is 2. The molecule has 0 aliphatic carbocycles. The molecule has 1 aliphatic heterocycles. The summed E-state index contributed by atoms with van der Waals surface area (Å²) >= 11 is 0. The fourth-order valence-corrected chi connectivity index (χ4v) is 2.86. The zero-order valence-electron chi connectivity index (χ0n) is 12.7. The first-order valence-corrected chi connectivity index (χ1v) is 7.32. The number of rotatable bonds is 4. The number of piperazine rings is 1. The Hall–Kier alpha value is -1.06. The van der Waals surface area contributed by atoms with Gasteiger partial charge in [0.25, 0.3) is 0 Å². The molecular weight excluding hydrogens is 234 g/mol. The summed E-state index contributed by atoms with van der Waals surface area (Å²) in [5.74, 6) is 0. The number of benzene rings is 1. The third kappa shape index (κ3) is 3.48. The average Bonchev–Trinajstić information content (AvgIpc) is 2.40. The molecule has 2 rings (SSSR count). The highest BCUT2D eigenvalue weighted by Gasteiger charge is 2.23. The lowest BCUT2D eigenvalue weighted by atomic mass is 10.1. The Labute approximate surface area is 117 Å². The molecule has 1 saturated heterocycles. The minimum absolute atomic E-state index is 0.627. The molecule has 0 amide bonds. The molecule has 1 N–H and O–H groups in total. The van der Waals surface area contributed by atoms with Gasteiger partial charge in [0.15, 0.2) is 0 Å². The van der Waals surface area contributed by atoms with Crippen molar-refractivity contribution in [3.63, 3.8) is 0 Å². The second kappa shape index (κ2) is 6.40. The molecule has 0 radical (unpaired) electrons. The largest absolute Gasteiger partial charge is 0.368 e. The quantitative estimate of drug-likeness (QED) is 0.895. The smallest absolute Gasteiger partial charge is 0.0399 e. The van der Waals surface area contributed by atoms with Gasteiger partial charge in [-0.25, -0.2) is 0 Å². The number of nitrogens with zero attached hydrogens (tertiary/aromatic N) is 2. The molecule has 0 saturated carbocycles. The molecule has 19 heavy (non-hydrogen) atoms. The Morgan fingerprint density at radius 3 is 2.74 bits per heavy atom. The predicted molar refractivity (Wildman–Crippen MR) is 83.1 cm³/mol. The van der Waals surface area contributed by atoms with Crippen molar-refractivity contribution in [1.82, 2.24) is 10.2 Å². The van der Waals surface area contributed by atoms with Crippen LogP contribution in [0.15, 0.2) is 18.2 Å². The molecule has 1 aromatic carbocycles. The lowest BCUT2D eigenvalue weighted by Crippen LogP contribution is -2.53. The van der Waals surface area contributed by atoms with Crippen molar-refractivity contribution >= 4 is 5.69 Å². The number of nitrogens with one attached hydrogen (secondary N) is 1. The third-order valence-electron chi connectivity index (χ3n) is 4.12. The molecule has 3 nitrogen and oxygen atoms in total. The van der Waals surface area contributed by atoms with Crippen LogP contribution in [0.25, 0.3) is 0 Å². The minimum atomic E-state index is 0.627. The van der Waals surface area contributed by atoms with Crippen LogP contribution in [0.2, 0.25) is 0 Å². The van der Waals surface area contributed by atoms with Crippen molar-refractivity contribution in [2.75, 3.05) is 44.7 Å². The number of anilines is 1. The number of hydrogen-bond donors (Lipinski definition) is 1. The third-order valence-corrected chi connectivity index (χ3v) is 4.12. The summed E-state index contributed by atoms with van der Waals surface area (Å²) in [6.45, 7) is 12.4. The van der Waals surface area contributed by atoms with E-state index < -0.39 is 0 Å². The lowest BCUT2D eigenvalue weighted by Gasteiger charge is -2.41. The molecule has 1 heterocycles. The van der Waals surface area contributed by atoms with Gasteiger partial charge in [-0.05, 0) is 45.0 Å². The summed E-state index contributed by atoms with van der Waals surface area (Å²) in [5, 5.41) is 3.24. The van der Waals surface area contributed by atoms with E-state index in [2.05, 4.69) is 54.1 Å². The van der Waals surface area contributed by atoms with Crippen molar-refractivity contribution in [3.8, 4) is 0 Å². The van der Waals surface area contributed by atoms with E-state index in [-0.39, 0.29) is 0 Å². The molecule has 3 heteroatoms. The van der Waals surface area contributed by atoms with E-state index >= 15 is 0 Å². The Bertz CT molecular complexity index is 416. The van der Waals surface area contributed by atoms with Gasteiger partial charge in [0.1, 0.15) is 0 Å². The van der Waals surface area contributed by atoms with Crippen LogP contribution in [0.1, 0.15) is 18.1 Å². The normalized spacial score (nSPS) is 20.8. The van der Waals surface area contributed by atoms with Gasteiger partial charge in [-0.1, -0.05) is 12.1 Å². The van der Waals surface area contributed by atoms with Crippen LogP contribution >= 0.6 is 0 Å². The summed E-state index contributed by atoms with van der Waals surface area (Å²) in [7, 11) is 2.02. The molecule has 1 fully saturated rings. The monoisotopic (exact) mass is 261 g/mol. The molecule has 0 bridgehead atoms. The first kappa shape index (κ1) is 14.4.